The third kappa shape index (κ3) is 5.65. The Morgan fingerprint density at radius 3 is 2.38 bits per heavy atom. The van der Waals surface area contributed by atoms with Crippen molar-refractivity contribution < 1.29 is 4.79 Å². The summed E-state index contributed by atoms with van der Waals surface area (Å²) >= 11 is 1.64. The molecule has 0 unspecified atom stereocenters. The maximum absolute atomic E-state index is 12.5. The van der Waals surface area contributed by atoms with Crippen LogP contribution in [0.15, 0.2) is 84.0 Å². The summed E-state index contributed by atoms with van der Waals surface area (Å²) < 4.78 is 2.03. The first-order valence-corrected chi connectivity index (χ1v) is 11.6. The predicted molar refractivity (Wildman–Crippen MR) is 129 cm³/mol. The lowest BCUT2D eigenvalue weighted by Crippen LogP contribution is -2.26. The van der Waals surface area contributed by atoms with Crippen molar-refractivity contribution >= 4 is 17.7 Å². The molecule has 0 aliphatic rings. The van der Waals surface area contributed by atoms with E-state index in [0.29, 0.717) is 18.8 Å². The van der Waals surface area contributed by atoms with E-state index in [4.69, 9.17) is 0 Å². The van der Waals surface area contributed by atoms with Crippen molar-refractivity contribution in [2.24, 2.45) is 0 Å². The van der Waals surface area contributed by atoms with Crippen LogP contribution in [0.5, 0.6) is 0 Å². The van der Waals surface area contributed by atoms with Crippen LogP contribution in [-0.2, 0) is 23.5 Å². The van der Waals surface area contributed by atoms with Crippen LogP contribution in [0.2, 0.25) is 0 Å². The molecule has 0 bridgehead atoms. The molecule has 0 spiro atoms. The zero-order valence-electron chi connectivity index (χ0n) is 18.3. The van der Waals surface area contributed by atoms with Crippen LogP contribution >= 0.6 is 11.8 Å². The maximum atomic E-state index is 12.5. The highest BCUT2D eigenvalue weighted by atomic mass is 32.2. The van der Waals surface area contributed by atoms with Gasteiger partial charge in [-0.3, -0.25) is 9.36 Å². The number of nitrogens with one attached hydrogen (secondary N) is 1. The predicted octanol–water partition coefficient (Wildman–Crippen LogP) is 5.04. The van der Waals surface area contributed by atoms with E-state index in [-0.39, 0.29) is 5.91 Å². The number of aromatic nitrogens is 3. The number of nitrogens with zero attached hydrogens (tertiary/aromatic N) is 3. The number of carbonyl (C=O) groups is 1. The van der Waals surface area contributed by atoms with Crippen molar-refractivity contribution in [3.05, 3.63) is 107 Å². The second-order valence-electron chi connectivity index (χ2n) is 7.79. The van der Waals surface area contributed by atoms with Gasteiger partial charge in [-0.05, 0) is 37.1 Å². The molecule has 32 heavy (non-hydrogen) atoms. The van der Waals surface area contributed by atoms with Crippen LogP contribution < -0.4 is 5.32 Å². The number of hydrogen-bond acceptors (Lipinski definition) is 4. The van der Waals surface area contributed by atoms with E-state index in [9.17, 15) is 4.79 Å². The molecule has 1 amide bonds. The Balaban J connectivity index is 1.52. The first-order valence-electron chi connectivity index (χ1n) is 10.6. The Labute approximate surface area is 192 Å². The van der Waals surface area contributed by atoms with Gasteiger partial charge in [0.1, 0.15) is 0 Å². The second kappa shape index (κ2) is 10.3. The molecule has 5 nitrogen and oxygen atoms in total. The molecule has 0 saturated heterocycles. The standard InChI is InChI=1S/C26H26N4OS/c1-19-11-13-23(14-12-19)30-24(17-27-25(31)16-21-8-4-3-5-9-21)28-29-26(30)32-18-22-10-6-7-20(2)15-22/h3-15H,16-18H2,1-2H3,(H,27,31). The summed E-state index contributed by atoms with van der Waals surface area (Å²) in [6, 6.07) is 26.5. The number of thioether (sulfide) groups is 1. The molecule has 0 atom stereocenters. The van der Waals surface area contributed by atoms with Crippen molar-refractivity contribution in [1.82, 2.24) is 20.1 Å². The minimum absolute atomic E-state index is 0.0383. The summed E-state index contributed by atoms with van der Waals surface area (Å²) in [6.45, 7) is 4.48. The Bertz CT molecular complexity index is 1190. The lowest BCUT2D eigenvalue weighted by Gasteiger charge is -2.11. The monoisotopic (exact) mass is 442 g/mol. The number of rotatable bonds is 8. The first kappa shape index (κ1) is 21.8. The first-order chi connectivity index (χ1) is 15.6. The van der Waals surface area contributed by atoms with Crippen molar-refractivity contribution in [3.8, 4) is 5.69 Å². The van der Waals surface area contributed by atoms with Crippen LogP contribution in [-0.4, -0.2) is 20.7 Å². The fourth-order valence-electron chi connectivity index (χ4n) is 3.43. The third-order valence-corrected chi connectivity index (χ3v) is 6.09. The van der Waals surface area contributed by atoms with Crippen molar-refractivity contribution in [2.75, 3.05) is 0 Å². The molecule has 4 rings (SSSR count). The molecular weight excluding hydrogens is 416 g/mol. The second-order valence-corrected chi connectivity index (χ2v) is 8.73. The highest BCUT2D eigenvalue weighted by Crippen LogP contribution is 2.26. The van der Waals surface area contributed by atoms with Crippen LogP contribution in [0.3, 0.4) is 0 Å². The average molecular weight is 443 g/mol. The summed E-state index contributed by atoms with van der Waals surface area (Å²) in [4.78, 5) is 12.5. The number of hydrogen-bond donors (Lipinski definition) is 1. The van der Waals surface area contributed by atoms with Gasteiger partial charge in [0.2, 0.25) is 5.91 Å². The van der Waals surface area contributed by atoms with Crippen molar-refractivity contribution in [1.29, 1.82) is 0 Å². The van der Waals surface area contributed by atoms with E-state index < -0.39 is 0 Å². The van der Waals surface area contributed by atoms with Gasteiger partial charge in [-0.1, -0.05) is 89.6 Å². The number of carbonyl (C=O) groups excluding carboxylic acids is 1. The Morgan fingerprint density at radius 1 is 0.875 bits per heavy atom. The van der Waals surface area contributed by atoms with Crippen LogP contribution in [0.1, 0.15) is 28.1 Å². The summed E-state index contributed by atoms with van der Waals surface area (Å²) in [5, 5.41) is 12.6. The van der Waals surface area contributed by atoms with E-state index in [0.717, 1.165) is 22.2 Å². The summed E-state index contributed by atoms with van der Waals surface area (Å²) in [5.74, 6) is 1.47. The minimum atomic E-state index is -0.0383. The third-order valence-electron chi connectivity index (χ3n) is 5.09. The van der Waals surface area contributed by atoms with Crippen LogP contribution in [0.25, 0.3) is 5.69 Å². The quantitative estimate of drug-likeness (QED) is 0.389. The van der Waals surface area contributed by atoms with Crippen LogP contribution in [0, 0.1) is 13.8 Å². The van der Waals surface area contributed by atoms with E-state index in [1.165, 1.54) is 16.7 Å². The largest absolute Gasteiger partial charge is 0.348 e. The van der Waals surface area contributed by atoms with Gasteiger partial charge in [-0.2, -0.15) is 0 Å². The van der Waals surface area contributed by atoms with E-state index >= 15 is 0 Å². The van der Waals surface area contributed by atoms with Gasteiger partial charge < -0.3 is 5.32 Å². The molecule has 0 fully saturated rings. The topological polar surface area (TPSA) is 59.8 Å². The minimum Gasteiger partial charge on any atom is -0.348 e. The highest BCUT2D eigenvalue weighted by molar-refractivity contribution is 7.98. The fraction of sp³-hybridized carbons (Fsp3) is 0.192. The summed E-state index contributed by atoms with van der Waals surface area (Å²) in [6.07, 6.45) is 0.342. The molecule has 0 radical (unpaired) electrons. The molecule has 0 saturated carbocycles. The highest BCUT2D eigenvalue weighted by Gasteiger charge is 2.16. The number of benzene rings is 3. The molecule has 6 heteroatoms. The van der Waals surface area contributed by atoms with E-state index in [1.807, 2.05) is 34.9 Å². The van der Waals surface area contributed by atoms with Gasteiger partial charge in [0.15, 0.2) is 11.0 Å². The van der Waals surface area contributed by atoms with E-state index in [2.05, 4.69) is 77.9 Å². The summed E-state index contributed by atoms with van der Waals surface area (Å²) in [7, 11) is 0. The molecule has 162 valence electrons. The average Bonchev–Trinajstić information content (AvgIpc) is 3.20. The SMILES string of the molecule is Cc1ccc(-n2c(CNC(=O)Cc3ccccc3)nnc2SCc2cccc(C)c2)cc1. The Hall–Kier alpha value is -3.38. The van der Waals surface area contributed by atoms with Gasteiger partial charge in [-0.25, -0.2) is 0 Å². The molecular formula is C26H26N4OS. The molecule has 4 aromatic rings. The number of amides is 1. The molecule has 1 N–H and O–H groups in total. The Morgan fingerprint density at radius 2 is 1.62 bits per heavy atom. The van der Waals surface area contributed by atoms with Gasteiger partial charge in [0.25, 0.3) is 0 Å². The molecule has 0 aliphatic heterocycles. The number of aryl methyl sites for hydroxylation is 2. The molecule has 3 aromatic carbocycles. The lowest BCUT2D eigenvalue weighted by atomic mass is 10.1. The van der Waals surface area contributed by atoms with Crippen molar-refractivity contribution in [3.63, 3.8) is 0 Å². The molecule has 1 aromatic heterocycles. The van der Waals surface area contributed by atoms with Gasteiger partial charge in [0.05, 0.1) is 13.0 Å². The van der Waals surface area contributed by atoms with Gasteiger partial charge in [0, 0.05) is 11.4 Å². The smallest absolute Gasteiger partial charge is 0.224 e. The van der Waals surface area contributed by atoms with Gasteiger partial charge in [-0.15, -0.1) is 10.2 Å². The van der Waals surface area contributed by atoms with Gasteiger partial charge >= 0.3 is 0 Å². The van der Waals surface area contributed by atoms with Crippen LogP contribution in [0.4, 0.5) is 0 Å². The Kier molecular flexibility index (Phi) is 7.02. The zero-order valence-corrected chi connectivity index (χ0v) is 19.1. The molecule has 0 aliphatic carbocycles. The van der Waals surface area contributed by atoms with Crippen molar-refractivity contribution in [2.45, 2.75) is 37.7 Å². The molecule has 1 heterocycles. The fourth-order valence-corrected chi connectivity index (χ4v) is 4.35. The lowest BCUT2D eigenvalue weighted by molar-refractivity contribution is -0.120. The zero-order chi connectivity index (χ0) is 22.3. The maximum Gasteiger partial charge on any atom is 0.224 e. The summed E-state index contributed by atoms with van der Waals surface area (Å²) in [5.41, 5.74) is 5.64. The normalized spacial score (nSPS) is 10.8. The van der Waals surface area contributed by atoms with E-state index in [1.54, 1.807) is 11.8 Å².